The van der Waals surface area contributed by atoms with Gasteiger partial charge in [-0.25, -0.2) is 4.98 Å². The Kier molecular flexibility index (Phi) is 11.3. The SMILES string of the molecule is CCCCCCCCN(CCCCCCCC)c1ccc2nc3ccc(N(C)C)cc3[s+]c2c1. The van der Waals surface area contributed by atoms with Gasteiger partial charge in [-0.1, -0.05) is 78.1 Å². The number of benzene rings is 2. The van der Waals surface area contributed by atoms with Crippen molar-refractivity contribution in [2.24, 2.45) is 0 Å². The third kappa shape index (κ3) is 8.08. The molecule has 3 rings (SSSR count). The second kappa shape index (κ2) is 14.5. The summed E-state index contributed by atoms with van der Waals surface area (Å²) in [5.41, 5.74) is 4.80. The predicted molar refractivity (Wildman–Crippen MR) is 155 cm³/mol. The highest BCUT2D eigenvalue weighted by Crippen LogP contribution is 2.31. The fourth-order valence-corrected chi connectivity index (χ4v) is 5.65. The molecule has 0 saturated carbocycles. The van der Waals surface area contributed by atoms with Crippen LogP contribution in [0.3, 0.4) is 0 Å². The van der Waals surface area contributed by atoms with E-state index in [1.54, 1.807) is 0 Å². The van der Waals surface area contributed by atoms with Crippen LogP contribution in [0.1, 0.15) is 90.9 Å². The smallest absolute Gasteiger partial charge is 0.259 e. The minimum Gasteiger partial charge on any atom is -0.377 e. The number of hydrogen-bond donors (Lipinski definition) is 0. The molecule has 0 spiro atoms. The first-order valence-corrected chi connectivity index (χ1v) is 14.5. The van der Waals surface area contributed by atoms with Crippen LogP contribution in [0, 0.1) is 0 Å². The number of fused-ring (bicyclic) bond motifs is 2. The molecular formula is C30H46N3S+. The minimum atomic E-state index is 1.09. The molecule has 0 aliphatic carbocycles. The van der Waals surface area contributed by atoms with Crippen molar-refractivity contribution in [3.05, 3.63) is 36.4 Å². The summed E-state index contributed by atoms with van der Waals surface area (Å²) in [4.78, 5) is 9.77. The molecule has 0 bridgehead atoms. The van der Waals surface area contributed by atoms with Crippen molar-refractivity contribution in [2.75, 3.05) is 37.0 Å². The molecule has 0 aliphatic rings. The summed E-state index contributed by atoms with van der Waals surface area (Å²) in [5.74, 6) is 0. The Labute approximate surface area is 212 Å². The van der Waals surface area contributed by atoms with E-state index in [2.05, 4.69) is 74.1 Å². The van der Waals surface area contributed by atoms with Crippen molar-refractivity contribution >= 4 is 43.1 Å². The lowest BCUT2D eigenvalue weighted by Crippen LogP contribution is -2.25. The predicted octanol–water partition coefficient (Wildman–Crippen LogP) is 9.32. The molecule has 0 radical (unpaired) electrons. The molecule has 2 aromatic carbocycles. The highest BCUT2D eigenvalue weighted by Gasteiger charge is 2.16. The summed E-state index contributed by atoms with van der Waals surface area (Å²) in [6, 6.07) is 13.5. The Bertz CT molecular complexity index is 985. The third-order valence-corrected chi connectivity index (χ3v) is 7.89. The zero-order valence-electron chi connectivity index (χ0n) is 22.1. The Morgan fingerprint density at radius 3 is 1.62 bits per heavy atom. The molecule has 3 nitrogen and oxygen atoms in total. The van der Waals surface area contributed by atoms with Gasteiger partial charge < -0.3 is 9.80 Å². The van der Waals surface area contributed by atoms with Crippen LogP contribution in [-0.4, -0.2) is 32.2 Å². The summed E-state index contributed by atoms with van der Waals surface area (Å²) < 4.78 is 2.55. The molecule has 1 heterocycles. The Morgan fingerprint density at radius 1 is 0.618 bits per heavy atom. The van der Waals surface area contributed by atoms with E-state index < -0.39 is 0 Å². The standard InChI is InChI=1S/C30H46N3S/c1-5-7-9-11-13-15-21-33(22-16-14-12-10-8-6-2)26-18-20-28-30(24-26)34-29-23-25(32(3)4)17-19-27(29)31-28/h17-20,23-24H,5-16,21-22H2,1-4H3/q+1. The van der Waals surface area contributed by atoms with Gasteiger partial charge in [0.2, 0.25) is 11.3 Å². The number of hydrogen-bond acceptors (Lipinski definition) is 3. The van der Waals surface area contributed by atoms with E-state index in [9.17, 15) is 0 Å². The lowest BCUT2D eigenvalue weighted by Gasteiger charge is -2.25. The van der Waals surface area contributed by atoms with Crippen LogP contribution in [0.4, 0.5) is 11.4 Å². The zero-order valence-corrected chi connectivity index (χ0v) is 22.9. The van der Waals surface area contributed by atoms with E-state index >= 15 is 0 Å². The molecule has 0 amide bonds. The molecule has 3 aromatic rings. The highest BCUT2D eigenvalue weighted by atomic mass is 32.1. The van der Waals surface area contributed by atoms with Crippen molar-refractivity contribution in [3.8, 4) is 0 Å². The molecule has 0 N–H and O–H groups in total. The van der Waals surface area contributed by atoms with Crippen molar-refractivity contribution in [1.82, 2.24) is 4.98 Å². The highest BCUT2D eigenvalue weighted by molar-refractivity contribution is 7.24. The van der Waals surface area contributed by atoms with E-state index in [1.165, 1.54) is 111 Å². The summed E-state index contributed by atoms with van der Waals surface area (Å²) in [6.45, 7) is 6.93. The van der Waals surface area contributed by atoms with Crippen LogP contribution in [0.2, 0.25) is 0 Å². The van der Waals surface area contributed by atoms with Gasteiger partial charge in [-0.3, -0.25) is 0 Å². The maximum atomic E-state index is 4.96. The second-order valence-electron chi connectivity index (χ2n) is 9.93. The fraction of sp³-hybridized carbons (Fsp3) is 0.600. The van der Waals surface area contributed by atoms with Crippen LogP contribution in [-0.2, 0) is 0 Å². The van der Waals surface area contributed by atoms with Gasteiger partial charge in [-0.05, 0) is 37.1 Å². The average molecular weight is 481 g/mol. The van der Waals surface area contributed by atoms with E-state index in [4.69, 9.17) is 4.98 Å². The molecule has 0 atom stereocenters. The maximum absolute atomic E-state index is 4.96. The number of nitrogens with zero attached hydrogens (tertiary/aromatic N) is 3. The average Bonchev–Trinajstić information content (AvgIpc) is 2.84. The normalized spacial score (nSPS) is 11.4. The molecule has 186 valence electrons. The van der Waals surface area contributed by atoms with Crippen molar-refractivity contribution in [2.45, 2.75) is 90.9 Å². The van der Waals surface area contributed by atoms with Crippen LogP contribution < -0.4 is 9.80 Å². The molecule has 0 fully saturated rings. The summed E-state index contributed by atoms with van der Waals surface area (Å²) in [5, 5.41) is 0. The van der Waals surface area contributed by atoms with E-state index in [0.29, 0.717) is 0 Å². The van der Waals surface area contributed by atoms with Crippen LogP contribution in [0.5, 0.6) is 0 Å². The molecule has 0 aliphatic heterocycles. The summed E-state index contributed by atoms with van der Waals surface area (Å²) in [7, 11) is 4.20. The van der Waals surface area contributed by atoms with Gasteiger partial charge in [0, 0.05) is 50.7 Å². The van der Waals surface area contributed by atoms with Gasteiger partial charge in [-0.2, -0.15) is 0 Å². The number of anilines is 2. The van der Waals surface area contributed by atoms with Gasteiger partial charge in [0.15, 0.2) is 0 Å². The molecular weight excluding hydrogens is 434 g/mol. The Hall–Kier alpha value is -1.94. The van der Waals surface area contributed by atoms with Crippen molar-refractivity contribution in [1.29, 1.82) is 0 Å². The van der Waals surface area contributed by atoms with E-state index in [-0.39, 0.29) is 0 Å². The molecule has 0 saturated heterocycles. The quantitative estimate of drug-likeness (QED) is 0.116. The molecule has 1 aromatic heterocycles. The number of rotatable bonds is 16. The Balaban J connectivity index is 1.73. The van der Waals surface area contributed by atoms with Gasteiger partial charge >= 0.3 is 0 Å². The first-order chi connectivity index (χ1) is 16.6. The van der Waals surface area contributed by atoms with Gasteiger partial charge in [0.1, 0.15) is 11.0 Å². The van der Waals surface area contributed by atoms with E-state index in [1.807, 2.05) is 11.3 Å². The summed E-state index contributed by atoms with van der Waals surface area (Å²) >= 11 is 1.87. The number of aromatic nitrogens is 1. The summed E-state index contributed by atoms with van der Waals surface area (Å²) in [6.07, 6.45) is 16.2. The van der Waals surface area contributed by atoms with Crippen LogP contribution >= 0.6 is 11.3 Å². The van der Waals surface area contributed by atoms with Crippen LogP contribution in [0.15, 0.2) is 36.4 Å². The lowest BCUT2D eigenvalue weighted by atomic mass is 10.1. The van der Waals surface area contributed by atoms with Gasteiger partial charge in [0.05, 0.1) is 0 Å². The fourth-order valence-electron chi connectivity index (χ4n) is 4.61. The maximum Gasteiger partial charge on any atom is 0.259 e. The van der Waals surface area contributed by atoms with Gasteiger partial charge in [0.25, 0.3) is 9.40 Å². The number of unbranched alkanes of at least 4 members (excludes halogenated alkanes) is 10. The first kappa shape index (κ1) is 26.7. The van der Waals surface area contributed by atoms with Crippen molar-refractivity contribution < 1.29 is 0 Å². The van der Waals surface area contributed by atoms with Crippen LogP contribution in [0.25, 0.3) is 20.4 Å². The second-order valence-corrected chi connectivity index (χ2v) is 11.0. The molecule has 34 heavy (non-hydrogen) atoms. The largest absolute Gasteiger partial charge is 0.377 e. The van der Waals surface area contributed by atoms with E-state index in [0.717, 1.165) is 11.0 Å². The zero-order chi connectivity index (χ0) is 24.2. The topological polar surface area (TPSA) is 19.4 Å². The first-order valence-electron chi connectivity index (χ1n) is 13.7. The molecule has 0 unspecified atom stereocenters. The third-order valence-electron chi connectivity index (χ3n) is 6.79. The minimum absolute atomic E-state index is 1.09. The molecule has 4 heteroatoms. The van der Waals surface area contributed by atoms with Gasteiger partial charge in [-0.15, -0.1) is 0 Å². The Morgan fingerprint density at radius 2 is 1.09 bits per heavy atom. The monoisotopic (exact) mass is 480 g/mol. The lowest BCUT2D eigenvalue weighted by molar-refractivity contribution is 0.575. The van der Waals surface area contributed by atoms with Crippen molar-refractivity contribution in [3.63, 3.8) is 0 Å².